The van der Waals surface area contributed by atoms with E-state index in [1.165, 1.54) is 12.1 Å². The molecule has 0 bridgehead atoms. The summed E-state index contributed by atoms with van der Waals surface area (Å²) in [4.78, 5) is 16.8. The van der Waals surface area contributed by atoms with Gasteiger partial charge in [-0.2, -0.15) is 0 Å². The van der Waals surface area contributed by atoms with Gasteiger partial charge in [-0.3, -0.25) is 4.79 Å². The van der Waals surface area contributed by atoms with E-state index in [1.807, 2.05) is 18.2 Å². The van der Waals surface area contributed by atoms with Gasteiger partial charge >= 0.3 is 0 Å². The van der Waals surface area contributed by atoms with E-state index in [4.69, 9.17) is 20.8 Å². The summed E-state index contributed by atoms with van der Waals surface area (Å²) in [6.45, 7) is 0. The second kappa shape index (κ2) is 6.31. The summed E-state index contributed by atoms with van der Waals surface area (Å²) in [6, 6.07) is 12.6. The van der Waals surface area contributed by atoms with Crippen molar-refractivity contribution in [2.75, 3.05) is 12.4 Å². The van der Waals surface area contributed by atoms with Gasteiger partial charge in [-0.1, -0.05) is 11.6 Å². The van der Waals surface area contributed by atoms with Crippen LogP contribution in [0.3, 0.4) is 0 Å². The summed E-state index contributed by atoms with van der Waals surface area (Å²) in [6.07, 6.45) is 0. The first-order valence-electron chi connectivity index (χ1n) is 7.68. The molecule has 2 heterocycles. The Morgan fingerprint density at radius 2 is 2.00 bits per heavy atom. The predicted octanol–water partition coefficient (Wildman–Crippen LogP) is 5.03. The van der Waals surface area contributed by atoms with Gasteiger partial charge in [-0.15, -0.1) is 0 Å². The molecule has 2 aromatic carbocycles. The van der Waals surface area contributed by atoms with Crippen LogP contribution in [0.4, 0.5) is 10.1 Å². The Kier molecular flexibility index (Phi) is 3.97. The molecule has 0 aliphatic rings. The van der Waals surface area contributed by atoms with Crippen molar-refractivity contribution in [1.29, 1.82) is 0 Å². The molecule has 0 radical (unpaired) electrons. The number of nitrogens with one attached hydrogen (secondary N) is 1. The third-order valence-corrected chi connectivity index (χ3v) is 4.22. The molecule has 0 aliphatic heterocycles. The molecular formula is C19H12ClFN2O3. The van der Waals surface area contributed by atoms with Gasteiger partial charge in [0.15, 0.2) is 5.76 Å². The van der Waals surface area contributed by atoms with Crippen LogP contribution >= 0.6 is 11.6 Å². The van der Waals surface area contributed by atoms with Crippen molar-refractivity contribution in [3.8, 4) is 5.75 Å². The smallest absolute Gasteiger partial charge is 0.291 e. The fraction of sp³-hybridized carbons (Fsp3) is 0.0526. The Labute approximate surface area is 152 Å². The van der Waals surface area contributed by atoms with Gasteiger partial charge in [0.25, 0.3) is 5.91 Å². The standard InChI is InChI=1S/C19H12ClFN2O3/c1-25-13-3-5-15-10(7-13)6-11-8-17(26-19(11)23-15)18(24)22-16-4-2-12(21)9-14(16)20/h2-9H,1H3,(H,22,24). The summed E-state index contributed by atoms with van der Waals surface area (Å²) in [7, 11) is 1.59. The number of amides is 1. The van der Waals surface area contributed by atoms with Crippen molar-refractivity contribution < 1.29 is 18.3 Å². The second-order valence-corrected chi connectivity index (χ2v) is 6.04. The van der Waals surface area contributed by atoms with Gasteiger partial charge in [0.1, 0.15) is 11.6 Å². The van der Waals surface area contributed by atoms with Crippen LogP contribution in [0.5, 0.6) is 5.75 Å². The number of anilines is 1. The molecule has 4 rings (SSSR count). The first kappa shape index (κ1) is 16.4. The highest BCUT2D eigenvalue weighted by Crippen LogP contribution is 2.27. The number of ether oxygens (including phenoxy) is 1. The first-order valence-corrected chi connectivity index (χ1v) is 8.06. The summed E-state index contributed by atoms with van der Waals surface area (Å²) in [5.41, 5.74) is 1.36. The average Bonchev–Trinajstić information content (AvgIpc) is 3.04. The Balaban J connectivity index is 1.69. The molecule has 1 N–H and O–H groups in total. The zero-order chi connectivity index (χ0) is 18.3. The molecule has 4 aromatic rings. The summed E-state index contributed by atoms with van der Waals surface area (Å²) < 4.78 is 23.9. The van der Waals surface area contributed by atoms with Crippen LogP contribution < -0.4 is 10.1 Å². The fourth-order valence-corrected chi connectivity index (χ4v) is 2.84. The maximum absolute atomic E-state index is 13.1. The number of methoxy groups -OCH3 is 1. The number of furan rings is 1. The summed E-state index contributed by atoms with van der Waals surface area (Å²) in [5, 5.41) is 4.25. The van der Waals surface area contributed by atoms with Gasteiger partial charge in [0, 0.05) is 10.8 Å². The minimum atomic E-state index is -0.502. The van der Waals surface area contributed by atoms with E-state index in [0.29, 0.717) is 22.5 Å². The lowest BCUT2D eigenvalue weighted by Gasteiger charge is -2.05. The average molecular weight is 371 g/mol. The van der Waals surface area contributed by atoms with E-state index in [-0.39, 0.29) is 10.8 Å². The zero-order valence-electron chi connectivity index (χ0n) is 13.5. The summed E-state index contributed by atoms with van der Waals surface area (Å²) >= 11 is 5.93. The molecular weight excluding hydrogens is 359 g/mol. The van der Waals surface area contributed by atoms with Gasteiger partial charge in [0.05, 0.1) is 23.3 Å². The van der Waals surface area contributed by atoms with Crippen LogP contribution in [0.1, 0.15) is 10.6 Å². The molecule has 1 amide bonds. The third kappa shape index (κ3) is 2.95. The lowest BCUT2D eigenvalue weighted by Crippen LogP contribution is -2.11. The molecule has 26 heavy (non-hydrogen) atoms. The quantitative estimate of drug-likeness (QED) is 0.549. The number of nitrogens with zero attached hydrogens (tertiary/aromatic N) is 1. The maximum Gasteiger partial charge on any atom is 0.291 e. The highest BCUT2D eigenvalue weighted by atomic mass is 35.5. The van der Waals surface area contributed by atoms with E-state index in [0.717, 1.165) is 17.0 Å². The highest BCUT2D eigenvalue weighted by molar-refractivity contribution is 6.33. The third-order valence-electron chi connectivity index (χ3n) is 3.91. The van der Waals surface area contributed by atoms with Crippen LogP contribution in [-0.2, 0) is 0 Å². The van der Waals surface area contributed by atoms with Crippen molar-refractivity contribution in [2.24, 2.45) is 0 Å². The number of carbonyl (C=O) groups is 1. The Hall–Kier alpha value is -3.12. The monoisotopic (exact) mass is 370 g/mol. The Morgan fingerprint density at radius 1 is 1.15 bits per heavy atom. The molecule has 5 nitrogen and oxygen atoms in total. The van der Waals surface area contributed by atoms with Crippen molar-refractivity contribution in [3.05, 3.63) is 65.1 Å². The molecule has 0 spiro atoms. The predicted molar refractivity (Wildman–Crippen MR) is 97.4 cm³/mol. The number of hydrogen-bond acceptors (Lipinski definition) is 4. The molecule has 0 fully saturated rings. The molecule has 0 aliphatic carbocycles. The Morgan fingerprint density at radius 3 is 2.77 bits per heavy atom. The van der Waals surface area contributed by atoms with Crippen LogP contribution in [0.2, 0.25) is 5.02 Å². The Bertz CT molecular complexity index is 1160. The van der Waals surface area contributed by atoms with Crippen LogP contribution in [0, 0.1) is 5.82 Å². The van der Waals surface area contributed by atoms with Crippen molar-refractivity contribution in [2.45, 2.75) is 0 Å². The maximum atomic E-state index is 13.1. The lowest BCUT2D eigenvalue weighted by atomic mass is 10.2. The molecule has 2 aromatic heterocycles. The number of halogens is 2. The number of pyridine rings is 1. The number of aromatic nitrogens is 1. The van der Waals surface area contributed by atoms with Crippen molar-refractivity contribution in [1.82, 2.24) is 4.98 Å². The van der Waals surface area contributed by atoms with E-state index < -0.39 is 11.7 Å². The van der Waals surface area contributed by atoms with Gasteiger partial charge < -0.3 is 14.5 Å². The van der Waals surface area contributed by atoms with Crippen LogP contribution in [0.15, 0.2) is 52.9 Å². The van der Waals surface area contributed by atoms with Crippen molar-refractivity contribution >= 4 is 45.2 Å². The van der Waals surface area contributed by atoms with Gasteiger partial charge in [0.2, 0.25) is 5.71 Å². The van der Waals surface area contributed by atoms with Gasteiger partial charge in [-0.05, 0) is 48.5 Å². The van der Waals surface area contributed by atoms with Crippen LogP contribution in [-0.4, -0.2) is 18.0 Å². The number of rotatable bonds is 3. The molecule has 0 saturated heterocycles. The SMILES string of the molecule is COc1ccc2nc3oc(C(=O)Nc4ccc(F)cc4Cl)cc3cc2c1. The molecule has 0 unspecified atom stereocenters. The second-order valence-electron chi connectivity index (χ2n) is 5.63. The lowest BCUT2D eigenvalue weighted by molar-refractivity contribution is 0.0998. The first-order chi connectivity index (χ1) is 12.5. The number of hydrogen-bond donors (Lipinski definition) is 1. The minimum absolute atomic E-state index is 0.0789. The van der Waals surface area contributed by atoms with Gasteiger partial charge in [-0.25, -0.2) is 9.37 Å². The van der Waals surface area contributed by atoms with E-state index in [9.17, 15) is 9.18 Å². The molecule has 0 atom stereocenters. The minimum Gasteiger partial charge on any atom is -0.497 e. The van der Waals surface area contributed by atoms with Crippen molar-refractivity contribution in [3.63, 3.8) is 0 Å². The van der Waals surface area contributed by atoms with E-state index in [2.05, 4.69) is 10.3 Å². The van der Waals surface area contributed by atoms with E-state index in [1.54, 1.807) is 19.2 Å². The number of carbonyl (C=O) groups excluding carboxylic acids is 1. The normalized spacial score (nSPS) is 11.0. The van der Waals surface area contributed by atoms with Crippen LogP contribution in [0.25, 0.3) is 22.0 Å². The topological polar surface area (TPSA) is 64.4 Å². The number of benzene rings is 2. The molecule has 0 saturated carbocycles. The molecule has 130 valence electrons. The molecule has 7 heteroatoms. The highest BCUT2D eigenvalue weighted by Gasteiger charge is 2.15. The largest absolute Gasteiger partial charge is 0.497 e. The number of fused-ring (bicyclic) bond motifs is 2. The zero-order valence-corrected chi connectivity index (χ0v) is 14.3. The summed E-state index contributed by atoms with van der Waals surface area (Å²) in [5.74, 6) is -0.192. The van der Waals surface area contributed by atoms with E-state index >= 15 is 0 Å². The fourth-order valence-electron chi connectivity index (χ4n) is 2.63.